The molecule has 0 spiro atoms. The van der Waals surface area contributed by atoms with Gasteiger partial charge in [0, 0.05) is 18.8 Å². The van der Waals surface area contributed by atoms with Crippen LogP contribution in [0.25, 0.3) is 0 Å². The van der Waals surface area contributed by atoms with Crippen LogP contribution in [0, 0.1) is 13.8 Å². The van der Waals surface area contributed by atoms with Gasteiger partial charge in [-0.1, -0.05) is 17.2 Å². The molecule has 0 aliphatic heterocycles. The monoisotopic (exact) mass is 265 g/mol. The Balaban J connectivity index is 2.58. The second kappa shape index (κ2) is 7.92. The lowest BCUT2D eigenvalue weighted by Crippen LogP contribution is -2.35. The maximum Gasteiger partial charge on any atom is 0.251 e. The Morgan fingerprint density at radius 3 is 2.11 bits per heavy atom. The minimum absolute atomic E-state index is 0.101. The second-order valence-corrected chi connectivity index (χ2v) is 4.43. The molecular weight excluding hydrogens is 242 g/mol. The Bertz CT molecular complexity index is 392. The number of benzene rings is 1. The average molecular weight is 265 g/mol. The molecule has 106 valence electrons. The highest BCUT2D eigenvalue weighted by Crippen LogP contribution is 2.08. The molecule has 0 radical (unpaired) electrons. The molecule has 0 saturated heterocycles. The van der Waals surface area contributed by atoms with E-state index in [9.17, 15) is 4.79 Å². The summed E-state index contributed by atoms with van der Waals surface area (Å²) in [5.74, 6) is -0.101. The van der Waals surface area contributed by atoms with E-state index in [-0.39, 0.29) is 12.2 Å². The molecule has 1 N–H and O–H groups in total. The predicted molar refractivity (Wildman–Crippen MR) is 75.3 cm³/mol. The topological polar surface area (TPSA) is 47.6 Å². The normalized spacial score (nSPS) is 10.8. The van der Waals surface area contributed by atoms with Crippen molar-refractivity contribution in [1.82, 2.24) is 5.32 Å². The van der Waals surface area contributed by atoms with Crippen LogP contribution < -0.4 is 5.32 Å². The van der Waals surface area contributed by atoms with Crippen LogP contribution >= 0.6 is 0 Å². The molecule has 0 saturated carbocycles. The summed E-state index contributed by atoms with van der Waals surface area (Å²) < 4.78 is 10.8. The molecule has 0 aliphatic carbocycles. The quantitative estimate of drug-likeness (QED) is 0.770. The van der Waals surface area contributed by atoms with E-state index in [1.165, 1.54) is 0 Å². The molecule has 0 unspecified atom stereocenters. The molecule has 0 aliphatic rings. The first kappa shape index (κ1) is 15.7. The van der Waals surface area contributed by atoms with E-state index < -0.39 is 0 Å². The Morgan fingerprint density at radius 1 is 1.11 bits per heavy atom. The fourth-order valence-electron chi connectivity index (χ4n) is 1.92. The van der Waals surface area contributed by atoms with E-state index in [1.54, 1.807) is 0 Å². The van der Waals surface area contributed by atoms with E-state index in [2.05, 4.69) is 5.32 Å². The fraction of sp³-hybridized carbons (Fsp3) is 0.533. The van der Waals surface area contributed by atoms with Gasteiger partial charge in [0.05, 0.1) is 6.54 Å². The Kier molecular flexibility index (Phi) is 6.53. The van der Waals surface area contributed by atoms with Gasteiger partial charge in [-0.05, 0) is 39.8 Å². The van der Waals surface area contributed by atoms with Gasteiger partial charge in [-0.25, -0.2) is 0 Å². The zero-order valence-electron chi connectivity index (χ0n) is 12.2. The molecule has 19 heavy (non-hydrogen) atoms. The zero-order valence-corrected chi connectivity index (χ0v) is 12.2. The van der Waals surface area contributed by atoms with Crippen molar-refractivity contribution in [2.24, 2.45) is 0 Å². The van der Waals surface area contributed by atoms with Crippen LogP contribution in [0.2, 0.25) is 0 Å². The van der Waals surface area contributed by atoms with Crippen molar-refractivity contribution in [1.29, 1.82) is 0 Å². The molecule has 0 fully saturated rings. The molecule has 0 aromatic heterocycles. The first-order chi connectivity index (χ1) is 9.06. The first-order valence-corrected chi connectivity index (χ1v) is 6.66. The number of nitrogens with one attached hydrogen (secondary N) is 1. The number of rotatable bonds is 7. The smallest absolute Gasteiger partial charge is 0.251 e. The number of aryl methyl sites for hydroxylation is 2. The number of amides is 1. The van der Waals surface area contributed by atoms with Crippen LogP contribution in [-0.2, 0) is 9.47 Å². The van der Waals surface area contributed by atoms with Crippen LogP contribution in [0.3, 0.4) is 0 Å². The number of hydrogen-bond donors (Lipinski definition) is 1. The fourth-order valence-corrected chi connectivity index (χ4v) is 1.92. The SMILES string of the molecule is CCOC(CNC(=O)c1cc(C)cc(C)c1)OCC. The second-order valence-electron chi connectivity index (χ2n) is 4.43. The van der Waals surface area contributed by atoms with Gasteiger partial charge in [-0.2, -0.15) is 0 Å². The van der Waals surface area contributed by atoms with Gasteiger partial charge in [0.25, 0.3) is 5.91 Å². The summed E-state index contributed by atoms with van der Waals surface area (Å²) in [6.45, 7) is 9.23. The summed E-state index contributed by atoms with van der Waals surface area (Å²) in [6.07, 6.45) is -0.384. The van der Waals surface area contributed by atoms with Crippen molar-refractivity contribution in [3.8, 4) is 0 Å². The molecule has 0 bridgehead atoms. The third-order valence-electron chi connectivity index (χ3n) is 2.62. The van der Waals surface area contributed by atoms with Crippen molar-refractivity contribution < 1.29 is 14.3 Å². The Morgan fingerprint density at radius 2 is 1.63 bits per heavy atom. The van der Waals surface area contributed by atoms with Crippen molar-refractivity contribution >= 4 is 5.91 Å². The van der Waals surface area contributed by atoms with E-state index in [0.29, 0.717) is 25.3 Å². The highest BCUT2D eigenvalue weighted by molar-refractivity contribution is 5.94. The van der Waals surface area contributed by atoms with Crippen molar-refractivity contribution in [3.05, 3.63) is 34.9 Å². The molecule has 1 aromatic rings. The van der Waals surface area contributed by atoms with Crippen LogP contribution in [0.5, 0.6) is 0 Å². The van der Waals surface area contributed by atoms with Crippen LogP contribution in [-0.4, -0.2) is 32.0 Å². The van der Waals surface area contributed by atoms with Crippen LogP contribution in [0.4, 0.5) is 0 Å². The highest BCUT2D eigenvalue weighted by Gasteiger charge is 2.11. The highest BCUT2D eigenvalue weighted by atomic mass is 16.7. The zero-order chi connectivity index (χ0) is 14.3. The Labute approximate surface area is 115 Å². The number of hydrogen-bond acceptors (Lipinski definition) is 3. The molecule has 1 amide bonds. The van der Waals surface area contributed by atoms with E-state index >= 15 is 0 Å². The van der Waals surface area contributed by atoms with Crippen molar-refractivity contribution in [3.63, 3.8) is 0 Å². The lowest BCUT2D eigenvalue weighted by atomic mass is 10.1. The van der Waals surface area contributed by atoms with Gasteiger partial charge in [0.15, 0.2) is 6.29 Å². The lowest BCUT2D eigenvalue weighted by Gasteiger charge is -2.17. The Hall–Kier alpha value is -1.39. The molecule has 1 rings (SSSR count). The van der Waals surface area contributed by atoms with Crippen molar-refractivity contribution in [2.75, 3.05) is 19.8 Å². The summed E-state index contributed by atoms with van der Waals surface area (Å²) >= 11 is 0. The number of carbonyl (C=O) groups excluding carboxylic acids is 1. The van der Waals surface area contributed by atoms with Gasteiger partial charge in [-0.15, -0.1) is 0 Å². The largest absolute Gasteiger partial charge is 0.351 e. The third kappa shape index (κ3) is 5.41. The molecule has 4 nitrogen and oxygen atoms in total. The number of carbonyl (C=O) groups is 1. The number of ether oxygens (including phenoxy) is 2. The van der Waals surface area contributed by atoms with Gasteiger partial charge in [0.1, 0.15) is 0 Å². The van der Waals surface area contributed by atoms with Gasteiger partial charge in [-0.3, -0.25) is 4.79 Å². The van der Waals surface area contributed by atoms with E-state index in [1.807, 2.05) is 45.9 Å². The maximum atomic E-state index is 12.0. The van der Waals surface area contributed by atoms with E-state index in [0.717, 1.165) is 11.1 Å². The molecule has 1 aromatic carbocycles. The predicted octanol–water partition coefficient (Wildman–Crippen LogP) is 2.43. The van der Waals surface area contributed by atoms with Crippen LogP contribution in [0.1, 0.15) is 35.3 Å². The van der Waals surface area contributed by atoms with Crippen LogP contribution in [0.15, 0.2) is 18.2 Å². The van der Waals surface area contributed by atoms with Gasteiger partial charge >= 0.3 is 0 Å². The minimum atomic E-state index is -0.384. The molecular formula is C15H23NO3. The average Bonchev–Trinajstić information content (AvgIpc) is 2.35. The summed E-state index contributed by atoms with van der Waals surface area (Å²) in [6, 6.07) is 5.79. The lowest BCUT2D eigenvalue weighted by molar-refractivity contribution is -0.131. The summed E-state index contributed by atoms with van der Waals surface area (Å²) in [5, 5.41) is 2.83. The third-order valence-corrected chi connectivity index (χ3v) is 2.62. The maximum absolute atomic E-state index is 12.0. The van der Waals surface area contributed by atoms with Crippen molar-refractivity contribution in [2.45, 2.75) is 34.0 Å². The van der Waals surface area contributed by atoms with Gasteiger partial charge in [0.2, 0.25) is 0 Å². The molecule has 4 heteroatoms. The summed E-state index contributed by atoms with van der Waals surface area (Å²) in [4.78, 5) is 12.0. The first-order valence-electron chi connectivity index (χ1n) is 6.66. The molecule has 0 heterocycles. The standard InChI is InChI=1S/C15H23NO3/c1-5-18-14(19-6-2)10-16-15(17)13-8-11(3)7-12(4)9-13/h7-9,14H,5-6,10H2,1-4H3,(H,16,17). The summed E-state index contributed by atoms with van der Waals surface area (Å²) in [5.41, 5.74) is 2.83. The van der Waals surface area contributed by atoms with E-state index in [4.69, 9.17) is 9.47 Å². The van der Waals surface area contributed by atoms with Gasteiger partial charge < -0.3 is 14.8 Å². The minimum Gasteiger partial charge on any atom is -0.351 e. The summed E-state index contributed by atoms with van der Waals surface area (Å²) in [7, 11) is 0. The molecule has 0 atom stereocenters.